The van der Waals surface area contributed by atoms with Crippen molar-refractivity contribution in [1.82, 2.24) is 0 Å². The lowest BCUT2D eigenvalue weighted by Gasteiger charge is -2.10. The van der Waals surface area contributed by atoms with Crippen LogP contribution >= 0.6 is 0 Å². The number of amides is 2. The van der Waals surface area contributed by atoms with Gasteiger partial charge >= 0.3 is 0 Å². The number of rotatable bonds is 4. The van der Waals surface area contributed by atoms with Crippen LogP contribution in [-0.2, 0) is 9.59 Å². The van der Waals surface area contributed by atoms with Crippen LogP contribution in [0.4, 0.5) is 11.4 Å². The Morgan fingerprint density at radius 2 is 1.29 bits per heavy atom. The van der Waals surface area contributed by atoms with E-state index in [0.29, 0.717) is 24.2 Å². The van der Waals surface area contributed by atoms with Gasteiger partial charge in [0.1, 0.15) is 0 Å². The number of nitrogens with one attached hydrogen (secondary N) is 2. The Bertz CT molecular complexity index is 326. The van der Waals surface area contributed by atoms with Gasteiger partial charge in [-0.2, -0.15) is 0 Å². The van der Waals surface area contributed by atoms with Crippen molar-refractivity contribution in [2.45, 2.75) is 13.8 Å². The minimum atomic E-state index is 0.583. The van der Waals surface area contributed by atoms with Gasteiger partial charge in [-0.3, -0.25) is 9.59 Å². The number of hydrogen-bond acceptors (Lipinski definition) is 2. The third kappa shape index (κ3) is 2.10. The van der Waals surface area contributed by atoms with Gasteiger partial charge in [0.05, 0.1) is 11.4 Å². The fraction of sp³-hybridized carbons (Fsp3) is 0.200. The van der Waals surface area contributed by atoms with E-state index in [9.17, 15) is 9.59 Å². The van der Waals surface area contributed by atoms with Crippen molar-refractivity contribution in [1.29, 1.82) is 0 Å². The number of aryl methyl sites for hydroxylation is 2. The van der Waals surface area contributed by atoms with Gasteiger partial charge in [-0.1, -0.05) is 0 Å². The molecule has 0 saturated carbocycles. The minimum absolute atomic E-state index is 0.583. The Morgan fingerprint density at radius 1 is 0.929 bits per heavy atom. The van der Waals surface area contributed by atoms with E-state index in [0.717, 1.165) is 11.1 Å². The zero-order valence-corrected chi connectivity index (χ0v) is 8.13. The first kappa shape index (κ1) is 10.2. The van der Waals surface area contributed by atoms with Gasteiger partial charge in [0, 0.05) is 0 Å². The fourth-order valence-corrected chi connectivity index (χ4v) is 1.18. The highest BCUT2D eigenvalue weighted by Crippen LogP contribution is 2.24. The van der Waals surface area contributed by atoms with E-state index in [1.165, 1.54) is 0 Å². The lowest BCUT2D eigenvalue weighted by molar-refractivity contribution is -0.106. The molecule has 0 aliphatic rings. The highest BCUT2D eigenvalue weighted by atomic mass is 16.1. The predicted octanol–water partition coefficient (Wildman–Crippen LogP) is 1.44. The molecule has 0 aromatic heterocycles. The van der Waals surface area contributed by atoms with Crippen molar-refractivity contribution in [2.75, 3.05) is 10.6 Å². The number of benzene rings is 1. The topological polar surface area (TPSA) is 58.2 Å². The third-order valence-electron chi connectivity index (χ3n) is 2.06. The Morgan fingerprint density at radius 3 is 1.57 bits per heavy atom. The van der Waals surface area contributed by atoms with Crippen LogP contribution in [0.1, 0.15) is 11.1 Å². The van der Waals surface area contributed by atoms with E-state index in [2.05, 4.69) is 10.6 Å². The second-order valence-electron chi connectivity index (χ2n) is 3.01. The number of anilines is 2. The average molecular weight is 192 g/mol. The summed E-state index contributed by atoms with van der Waals surface area (Å²) in [7, 11) is 0. The maximum absolute atomic E-state index is 10.3. The fourth-order valence-electron chi connectivity index (χ4n) is 1.18. The zero-order chi connectivity index (χ0) is 10.6. The molecule has 2 amide bonds. The molecule has 0 unspecified atom stereocenters. The van der Waals surface area contributed by atoms with Gasteiger partial charge in [-0.05, 0) is 37.1 Å². The van der Waals surface area contributed by atoms with Gasteiger partial charge in [0.25, 0.3) is 0 Å². The maximum Gasteiger partial charge on any atom is 0.211 e. The third-order valence-corrected chi connectivity index (χ3v) is 2.06. The molecule has 2 N–H and O–H groups in total. The molecule has 1 aromatic rings. The molecule has 14 heavy (non-hydrogen) atoms. The molecular formula is C10H12N2O2. The second kappa shape index (κ2) is 4.41. The molecule has 0 saturated heterocycles. The summed E-state index contributed by atoms with van der Waals surface area (Å²) in [5, 5.41) is 5.05. The van der Waals surface area contributed by atoms with Crippen LogP contribution in [0.2, 0.25) is 0 Å². The van der Waals surface area contributed by atoms with Crippen LogP contribution in [0.25, 0.3) is 0 Å². The standard InChI is InChI=1S/C10H12N2O2/c1-7-3-9(11-5-13)10(12-6-14)4-8(7)2/h3-6H,1-2H3,(H,11,13)(H,12,14). The molecule has 1 rings (SSSR count). The van der Waals surface area contributed by atoms with Crippen LogP contribution in [0, 0.1) is 13.8 Å². The molecule has 0 heterocycles. The maximum atomic E-state index is 10.3. The summed E-state index contributed by atoms with van der Waals surface area (Å²) in [5.74, 6) is 0. The Hall–Kier alpha value is -1.84. The molecule has 0 fully saturated rings. The summed E-state index contributed by atoms with van der Waals surface area (Å²) in [6.07, 6.45) is 1.17. The van der Waals surface area contributed by atoms with Crippen LogP contribution in [0.3, 0.4) is 0 Å². The highest BCUT2D eigenvalue weighted by Gasteiger charge is 2.03. The Balaban J connectivity index is 3.15. The van der Waals surface area contributed by atoms with Crippen molar-refractivity contribution in [3.63, 3.8) is 0 Å². The first-order valence-corrected chi connectivity index (χ1v) is 4.20. The number of carbonyl (C=O) groups is 2. The summed E-state index contributed by atoms with van der Waals surface area (Å²) >= 11 is 0. The first-order chi connectivity index (χ1) is 6.69. The largest absolute Gasteiger partial charge is 0.327 e. The van der Waals surface area contributed by atoms with E-state index >= 15 is 0 Å². The van der Waals surface area contributed by atoms with E-state index < -0.39 is 0 Å². The van der Waals surface area contributed by atoms with Crippen LogP contribution in [0.15, 0.2) is 12.1 Å². The minimum Gasteiger partial charge on any atom is -0.327 e. The number of carbonyl (C=O) groups excluding carboxylic acids is 2. The summed E-state index contributed by atoms with van der Waals surface area (Å²) < 4.78 is 0. The monoisotopic (exact) mass is 192 g/mol. The van der Waals surface area contributed by atoms with Gasteiger partial charge in [-0.25, -0.2) is 0 Å². The van der Waals surface area contributed by atoms with E-state index in [4.69, 9.17) is 0 Å². The van der Waals surface area contributed by atoms with Crippen molar-refractivity contribution in [2.24, 2.45) is 0 Å². The SMILES string of the molecule is Cc1cc(NC=O)c(NC=O)cc1C. The lowest BCUT2D eigenvalue weighted by atomic mass is 10.1. The van der Waals surface area contributed by atoms with E-state index in [-0.39, 0.29) is 0 Å². The summed E-state index contributed by atoms with van der Waals surface area (Å²) in [5.41, 5.74) is 3.34. The molecular weight excluding hydrogens is 180 g/mol. The molecule has 0 aliphatic heterocycles. The van der Waals surface area contributed by atoms with Crippen LogP contribution in [-0.4, -0.2) is 12.8 Å². The van der Waals surface area contributed by atoms with Gasteiger partial charge in [0.2, 0.25) is 12.8 Å². The zero-order valence-electron chi connectivity index (χ0n) is 8.13. The van der Waals surface area contributed by atoms with Crippen molar-refractivity contribution in [3.8, 4) is 0 Å². The van der Waals surface area contributed by atoms with Gasteiger partial charge in [-0.15, -0.1) is 0 Å². The quantitative estimate of drug-likeness (QED) is 0.709. The lowest BCUT2D eigenvalue weighted by Crippen LogP contribution is -2.02. The Kier molecular flexibility index (Phi) is 3.23. The molecule has 0 aliphatic carbocycles. The van der Waals surface area contributed by atoms with Crippen LogP contribution in [0.5, 0.6) is 0 Å². The predicted molar refractivity (Wildman–Crippen MR) is 55.3 cm³/mol. The first-order valence-electron chi connectivity index (χ1n) is 4.20. The average Bonchev–Trinajstić information content (AvgIpc) is 2.14. The van der Waals surface area contributed by atoms with Crippen LogP contribution < -0.4 is 10.6 Å². The molecule has 74 valence electrons. The second-order valence-corrected chi connectivity index (χ2v) is 3.01. The Labute approximate surface area is 82.3 Å². The molecule has 0 bridgehead atoms. The van der Waals surface area contributed by atoms with E-state index in [1.807, 2.05) is 26.0 Å². The van der Waals surface area contributed by atoms with Crippen molar-refractivity contribution < 1.29 is 9.59 Å². The van der Waals surface area contributed by atoms with Crippen molar-refractivity contribution >= 4 is 24.2 Å². The summed E-state index contributed by atoms with van der Waals surface area (Å²) in [6.45, 7) is 3.88. The normalized spacial score (nSPS) is 9.29. The van der Waals surface area contributed by atoms with Gasteiger partial charge in [0.15, 0.2) is 0 Å². The summed E-state index contributed by atoms with van der Waals surface area (Å²) in [6, 6.07) is 3.63. The summed E-state index contributed by atoms with van der Waals surface area (Å²) in [4.78, 5) is 20.6. The highest BCUT2D eigenvalue weighted by molar-refractivity contribution is 5.87. The molecule has 4 heteroatoms. The van der Waals surface area contributed by atoms with E-state index in [1.54, 1.807) is 0 Å². The molecule has 4 nitrogen and oxygen atoms in total. The molecule has 0 spiro atoms. The molecule has 1 aromatic carbocycles. The smallest absolute Gasteiger partial charge is 0.211 e. The van der Waals surface area contributed by atoms with Crippen molar-refractivity contribution in [3.05, 3.63) is 23.3 Å². The number of hydrogen-bond donors (Lipinski definition) is 2. The molecule has 0 atom stereocenters. The molecule has 0 radical (unpaired) electrons. The van der Waals surface area contributed by atoms with Gasteiger partial charge < -0.3 is 10.6 Å².